The molecule has 1 aliphatic heterocycles. The van der Waals surface area contributed by atoms with Gasteiger partial charge in [0.15, 0.2) is 5.78 Å². The first-order chi connectivity index (χ1) is 11.6. The molecule has 3 nitrogen and oxygen atoms in total. The molecule has 4 heteroatoms. The summed E-state index contributed by atoms with van der Waals surface area (Å²) >= 11 is 1.81. The Labute approximate surface area is 147 Å². The quantitative estimate of drug-likeness (QED) is 0.773. The number of benzene rings is 1. The van der Waals surface area contributed by atoms with Crippen LogP contribution in [0.3, 0.4) is 0 Å². The topological polar surface area (TPSA) is 31.2 Å². The van der Waals surface area contributed by atoms with Crippen LogP contribution in [-0.2, 0) is 17.6 Å². The van der Waals surface area contributed by atoms with E-state index >= 15 is 0 Å². The van der Waals surface area contributed by atoms with E-state index in [9.17, 15) is 4.79 Å². The number of allylic oxidation sites excluding steroid dienone is 1. The number of hydrogen-bond donors (Lipinski definition) is 0. The molecule has 1 aliphatic rings. The fourth-order valence-corrected chi connectivity index (χ4v) is 4.23. The van der Waals surface area contributed by atoms with E-state index < -0.39 is 0 Å². The predicted octanol–water partition coefficient (Wildman–Crippen LogP) is 4.94. The molecular weight excluding hydrogens is 318 g/mol. The molecular formula is C20H21NO2S. The van der Waals surface area contributed by atoms with E-state index in [-0.39, 0.29) is 12.4 Å². The number of nitrogens with zero attached hydrogens (tertiary/aromatic N) is 1. The van der Waals surface area contributed by atoms with Crippen LogP contribution in [0.2, 0.25) is 0 Å². The summed E-state index contributed by atoms with van der Waals surface area (Å²) in [6, 6.07) is 6.05. The van der Waals surface area contributed by atoms with E-state index in [1.165, 1.54) is 34.2 Å². The minimum Gasteiger partial charge on any atom is -0.486 e. The molecule has 24 heavy (non-hydrogen) atoms. The van der Waals surface area contributed by atoms with Crippen molar-refractivity contribution in [1.82, 2.24) is 4.57 Å². The third kappa shape index (κ3) is 2.82. The van der Waals surface area contributed by atoms with Crippen LogP contribution >= 0.6 is 11.8 Å². The summed E-state index contributed by atoms with van der Waals surface area (Å²) in [5.41, 5.74) is 6.19. The number of hydrogen-bond acceptors (Lipinski definition) is 3. The minimum atomic E-state index is 0.0247. The normalized spacial score (nSPS) is 12.8. The Kier molecular flexibility index (Phi) is 4.67. The third-order valence-electron chi connectivity index (χ3n) is 4.13. The fraction of sp³-hybridized carbons (Fsp3) is 0.250. The van der Waals surface area contributed by atoms with Gasteiger partial charge in [0.1, 0.15) is 12.4 Å². The molecule has 2 heterocycles. The zero-order valence-electron chi connectivity index (χ0n) is 14.3. The lowest BCUT2D eigenvalue weighted by molar-refractivity contribution is -0.118. The number of ether oxygens (including phenoxy) is 1. The monoisotopic (exact) mass is 339 g/mol. The minimum absolute atomic E-state index is 0.0247. The first-order valence-corrected chi connectivity index (χ1v) is 8.91. The summed E-state index contributed by atoms with van der Waals surface area (Å²) in [6.07, 6.45) is 6.15. The molecule has 3 rings (SSSR count). The van der Waals surface area contributed by atoms with Crippen molar-refractivity contribution in [2.75, 3.05) is 6.61 Å². The van der Waals surface area contributed by atoms with Gasteiger partial charge in [-0.15, -0.1) is 11.8 Å². The van der Waals surface area contributed by atoms with Gasteiger partial charge in [-0.3, -0.25) is 4.79 Å². The number of fused-ring (bicyclic) bond motifs is 3. The van der Waals surface area contributed by atoms with Crippen LogP contribution in [0.4, 0.5) is 0 Å². The van der Waals surface area contributed by atoms with Crippen molar-refractivity contribution < 1.29 is 9.53 Å². The number of aromatic nitrogens is 1. The van der Waals surface area contributed by atoms with Crippen LogP contribution in [-0.4, -0.2) is 17.0 Å². The largest absolute Gasteiger partial charge is 0.486 e. The smallest absolute Gasteiger partial charge is 0.167 e. The highest BCUT2D eigenvalue weighted by atomic mass is 32.2. The lowest BCUT2D eigenvalue weighted by Crippen LogP contribution is -2.07. The highest BCUT2D eigenvalue weighted by Crippen LogP contribution is 2.46. The maximum absolute atomic E-state index is 11.1. The molecule has 0 aliphatic carbocycles. The molecule has 2 aromatic rings. The average molecular weight is 339 g/mol. The van der Waals surface area contributed by atoms with Gasteiger partial charge in [-0.05, 0) is 43.7 Å². The molecule has 0 atom stereocenters. The van der Waals surface area contributed by atoms with Crippen molar-refractivity contribution in [3.05, 3.63) is 47.7 Å². The Morgan fingerprint density at radius 3 is 2.92 bits per heavy atom. The Bertz CT molecular complexity index is 846. The van der Waals surface area contributed by atoms with Gasteiger partial charge in [-0.1, -0.05) is 18.7 Å². The van der Waals surface area contributed by atoms with Crippen LogP contribution in [0.1, 0.15) is 30.7 Å². The highest BCUT2D eigenvalue weighted by molar-refractivity contribution is 7.98. The number of carbonyl (C=O) groups is 1. The number of carbonyl (C=O) groups excluding carboxylic acids is 1. The molecule has 0 spiro atoms. The third-order valence-corrected chi connectivity index (χ3v) is 5.21. The molecule has 0 fully saturated rings. The summed E-state index contributed by atoms with van der Waals surface area (Å²) in [7, 11) is 2.09. The van der Waals surface area contributed by atoms with Crippen molar-refractivity contribution in [3.8, 4) is 17.0 Å². The second-order valence-corrected chi connectivity index (χ2v) is 6.84. The first-order valence-electron chi connectivity index (χ1n) is 7.93. The maximum atomic E-state index is 11.1. The SMILES string of the molecule is C=Cc1c(/C=C\C)c2c(n1C)-c1ccc(OCC(C)=O)cc1SC2. The highest BCUT2D eigenvalue weighted by Gasteiger charge is 2.25. The second kappa shape index (κ2) is 6.73. The van der Waals surface area contributed by atoms with E-state index in [2.05, 4.69) is 36.4 Å². The summed E-state index contributed by atoms with van der Waals surface area (Å²) in [4.78, 5) is 12.3. The molecule has 0 radical (unpaired) electrons. The average Bonchev–Trinajstić information content (AvgIpc) is 2.85. The van der Waals surface area contributed by atoms with Gasteiger partial charge in [0, 0.05) is 34.5 Å². The zero-order chi connectivity index (χ0) is 17.3. The second-order valence-electron chi connectivity index (χ2n) is 5.83. The van der Waals surface area contributed by atoms with Crippen molar-refractivity contribution in [2.24, 2.45) is 7.05 Å². The molecule has 0 unspecified atom stereocenters. The Balaban J connectivity index is 2.08. The van der Waals surface area contributed by atoms with Gasteiger partial charge in [0.05, 0.1) is 5.69 Å². The van der Waals surface area contributed by atoms with Gasteiger partial charge in [0.25, 0.3) is 0 Å². The number of ketones is 1. The summed E-state index contributed by atoms with van der Waals surface area (Å²) in [6.45, 7) is 7.66. The van der Waals surface area contributed by atoms with E-state index in [1.807, 2.05) is 25.1 Å². The van der Waals surface area contributed by atoms with Crippen LogP contribution in [0, 0.1) is 0 Å². The molecule has 0 amide bonds. The summed E-state index contributed by atoms with van der Waals surface area (Å²) in [5, 5.41) is 0. The van der Waals surface area contributed by atoms with Crippen LogP contribution < -0.4 is 4.74 Å². The standard InChI is InChI=1S/C20H21NO2S/c1-5-7-15-17-12-24-19-10-14(23-11-13(3)22)8-9-16(19)20(17)21(4)18(15)6-2/h5-10H,2,11-12H2,1,3-4H3/b7-5-. The molecule has 0 bridgehead atoms. The maximum Gasteiger partial charge on any atom is 0.167 e. The van der Waals surface area contributed by atoms with Crippen molar-refractivity contribution >= 4 is 29.7 Å². The van der Waals surface area contributed by atoms with Crippen molar-refractivity contribution in [2.45, 2.75) is 24.5 Å². The molecule has 0 N–H and O–H groups in total. The number of Topliss-reactive ketones (excluding diaryl/α,β-unsaturated/α-hetero) is 1. The Hall–Kier alpha value is -2.20. The molecule has 0 saturated carbocycles. The first kappa shape index (κ1) is 16.7. The van der Waals surface area contributed by atoms with Crippen molar-refractivity contribution in [1.29, 1.82) is 0 Å². The van der Waals surface area contributed by atoms with Gasteiger partial charge in [0.2, 0.25) is 0 Å². The van der Waals surface area contributed by atoms with Crippen LogP contribution in [0.5, 0.6) is 5.75 Å². The van der Waals surface area contributed by atoms with Crippen molar-refractivity contribution in [3.63, 3.8) is 0 Å². The van der Waals surface area contributed by atoms with E-state index in [0.717, 1.165) is 17.2 Å². The zero-order valence-corrected chi connectivity index (χ0v) is 15.1. The lowest BCUT2D eigenvalue weighted by Gasteiger charge is -2.19. The molecule has 0 saturated heterocycles. The Morgan fingerprint density at radius 1 is 1.46 bits per heavy atom. The molecule has 1 aromatic carbocycles. The van der Waals surface area contributed by atoms with Crippen LogP contribution in [0.25, 0.3) is 23.4 Å². The predicted molar refractivity (Wildman–Crippen MR) is 101 cm³/mol. The Morgan fingerprint density at radius 2 is 2.25 bits per heavy atom. The van der Waals surface area contributed by atoms with E-state index in [4.69, 9.17) is 4.74 Å². The number of thioether (sulfide) groups is 1. The van der Waals surface area contributed by atoms with Gasteiger partial charge in [-0.25, -0.2) is 0 Å². The molecule has 124 valence electrons. The lowest BCUT2D eigenvalue weighted by atomic mass is 10.0. The van der Waals surface area contributed by atoms with E-state index in [0.29, 0.717) is 0 Å². The summed E-state index contributed by atoms with van der Waals surface area (Å²) in [5.74, 6) is 1.68. The molecule has 1 aromatic heterocycles. The van der Waals surface area contributed by atoms with Gasteiger partial charge < -0.3 is 9.30 Å². The fourth-order valence-electron chi connectivity index (χ4n) is 3.12. The van der Waals surface area contributed by atoms with Gasteiger partial charge in [-0.2, -0.15) is 0 Å². The van der Waals surface area contributed by atoms with E-state index in [1.54, 1.807) is 11.8 Å². The van der Waals surface area contributed by atoms with Gasteiger partial charge >= 0.3 is 0 Å². The summed E-state index contributed by atoms with van der Waals surface area (Å²) < 4.78 is 7.76. The van der Waals surface area contributed by atoms with Crippen LogP contribution in [0.15, 0.2) is 35.7 Å². The number of rotatable bonds is 5.